The number of hydrogen-bond acceptors (Lipinski definition) is 2. The standard InChI is InChI=1S/C13H10N2/c1-8-3-4-11-13-10(5-6-14-11)7-15-9(2)12(8)13/h3-7H,2H2,1H3. The van der Waals surface area contributed by atoms with Crippen LogP contribution in [0.4, 0.5) is 0 Å². The van der Waals surface area contributed by atoms with Crippen molar-refractivity contribution >= 4 is 28.3 Å². The molecule has 0 aliphatic rings. The van der Waals surface area contributed by atoms with Crippen LogP contribution >= 0.6 is 0 Å². The maximum Gasteiger partial charge on any atom is 0.0715 e. The monoisotopic (exact) mass is 194 g/mol. The highest BCUT2D eigenvalue weighted by atomic mass is 14.7. The summed E-state index contributed by atoms with van der Waals surface area (Å²) in [6.45, 7) is 6.05. The van der Waals surface area contributed by atoms with Crippen molar-refractivity contribution in [1.82, 2.24) is 9.97 Å². The summed E-state index contributed by atoms with van der Waals surface area (Å²) in [5.74, 6) is 0. The number of rotatable bonds is 0. The normalized spacial score (nSPS) is 11.3. The Morgan fingerprint density at radius 2 is 1.93 bits per heavy atom. The van der Waals surface area contributed by atoms with Crippen LogP contribution in [0.15, 0.2) is 30.6 Å². The maximum absolute atomic E-state index is 4.36. The van der Waals surface area contributed by atoms with Crippen LogP contribution in [-0.2, 0) is 0 Å². The highest BCUT2D eigenvalue weighted by molar-refractivity contribution is 6.08. The number of hydrogen-bond donors (Lipinski definition) is 0. The summed E-state index contributed by atoms with van der Waals surface area (Å²) in [5, 5.41) is 4.28. The van der Waals surface area contributed by atoms with Crippen molar-refractivity contribution in [3.63, 3.8) is 0 Å². The van der Waals surface area contributed by atoms with Gasteiger partial charge in [-0.3, -0.25) is 9.97 Å². The van der Waals surface area contributed by atoms with Crippen molar-refractivity contribution in [3.05, 3.63) is 41.5 Å². The zero-order chi connectivity index (χ0) is 10.4. The molecule has 0 aliphatic carbocycles. The van der Waals surface area contributed by atoms with Crippen LogP contribution in [0.2, 0.25) is 0 Å². The van der Waals surface area contributed by atoms with Gasteiger partial charge in [-0.25, -0.2) is 0 Å². The van der Waals surface area contributed by atoms with Gasteiger partial charge in [0.1, 0.15) is 0 Å². The van der Waals surface area contributed by atoms with Gasteiger partial charge in [-0.1, -0.05) is 12.6 Å². The first-order valence-electron chi connectivity index (χ1n) is 4.89. The molecule has 0 bridgehead atoms. The highest BCUT2D eigenvalue weighted by Gasteiger charge is 2.05. The van der Waals surface area contributed by atoms with E-state index in [1.54, 1.807) is 0 Å². The molecule has 1 aromatic carbocycles. The average molecular weight is 194 g/mol. The highest BCUT2D eigenvalue weighted by Crippen LogP contribution is 2.23. The zero-order valence-corrected chi connectivity index (χ0v) is 8.49. The summed E-state index contributed by atoms with van der Waals surface area (Å²) in [7, 11) is 0. The third kappa shape index (κ3) is 1.05. The summed E-state index contributed by atoms with van der Waals surface area (Å²) in [5.41, 5.74) is 2.22. The van der Waals surface area contributed by atoms with Gasteiger partial charge < -0.3 is 0 Å². The molecule has 0 N–H and O–H groups in total. The van der Waals surface area contributed by atoms with Crippen LogP contribution in [0.1, 0.15) is 5.56 Å². The predicted octanol–water partition coefficient (Wildman–Crippen LogP) is 2.22. The second kappa shape index (κ2) is 2.76. The Morgan fingerprint density at radius 3 is 2.80 bits per heavy atom. The minimum atomic E-state index is 0.832. The Hall–Kier alpha value is -1.96. The summed E-state index contributed by atoms with van der Waals surface area (Å²) in [6.07, 6.45) is 3.68. The topological polar surface area (TPSA) is 25.8 Å². The minimum Gasteiger partial charge on any atom is -0.256 e. The summed E-state index contributed by atoms with van der Waals surface area (Å²) in [6, 6.07) is 6.10. The molecule has 2 aromatic heterocycles. The molecule has 3 rings (SSSR count). The smallest absolute Gasteiger partial charge is 0.0715 e. The maximum atomic E-state index is 4.36. The Morgan fingerprint density at radius 1 is 1.07 bits per heavy atom. The molecule has 0 unspecified atom stereocenters. The van der Waals surface area contributed by atoms with E-state index in [0.29, 0.717) is 0 Å². The minimum absolute atomic E-state index is 0.832. The van der Waals surface area contributed by atoms with Gasteiger partial charge >= 0.3 is 0 Å². The second-order valence-corrected chi connectivity index (χ2v) is 3.76. The van der Waals surface area contributed by atoms with Crippen LogP contribution in [0, 0.1) is 6.92 Å². The molecule has 0 amide bonds. The van der Waals surface area contributed by atoms with Crippen molar-refractivity contribution in [3.8, 4) is 0 Å². The molecule has 0 saturated carbocycles. The van der Waals surface area contributed by atoms with E-state index in [2.05, 4.69) is 29.5 Å². The lowest BCUT2D eigenvalue weighted by Crippen LogP contribution is -2.06. The van der Waals surface area contributed by atoms with Crippen molar-refractivity contribution in [2.75, 3.05) is 0 Å². The second-order valence-electron chi connectivity index (χ2n) is 3.76. The molecule has 0 atom stereocenters. The van der Waals surface area contributed by atoms with Gasteiger partial charge in [-0.15, -0.1) is 0 Å². The first-order chi connectivity index (χ1) is 7.27. The number of aryl methyl sites for hydroxylation is 1. The van der Waals surface area contributed by atoms with E-state index in [1.165, 1.54) is 10.9 Å². The first kappa shape index (κ1) is 8.36. The van der Waals surface area contributed by atoms with E-state index in [-0.39, 0.29) is 0 Å². The lowest BCUT2D eigenvalue weighted by Gasteiger charge is -2.06. The zero-order valence-electron chi connectivity index (χ0n) is 8.49. The van der Waals surface area contributed by atoms with Crippen molar-refractivity contribution in [2.24, 2.45) is 0 Å². The molecule has 3 aromatic rings. The fourth-order valence-electron chi connectivity index (χ4n) is 2.07. The van der Waals surface area contributed by atoms with Crippen LogP contribution in [0.25, 0.3) is 28.3 Å². The SMILES string of the molecule is C=c1ncc2ccnc3ccc(C)c1c23. The Labute approximate surface area is 87.3 Å². The molecular formula is C13H10N2. The largest absolute Gasteiger partial charge is 0.256 e. The van der Waals surface area contributed by atoms with Gasteiger partial charge in [-0.2, -0.15) is 0 Å². The molecule has 2 heteroatoms. The lowest BCUT2D eigenvalue weighted by atomic mass is 10.0. The van der Waals surface area contributed by atoms with E-state index in [0.717, 1.165) is 21.6 Å². The lowest BCUT2D eigenvalue weighted by molar-refractivity contribution is 1.29. The fraction of sp³-hybridized carbons (Fsp3) is 0.0769. The molecule has 2 heterocycles. The van der Waals surface area contributed by atoms with E-state index >= 15 is 0 Å². The molecule has 0 radical (unpaired) electrons. The first-order valence-corrected chi connectivity index (χ1v) is 4.89. The molecule has 0 fully saturated rings. The van der Waals surface area contributed by atoms with Gasteiger partial charge in [-0.05, 0) is 24.6 Å². The number of benzene rings is 1. The molecular weight excluding hydrogens is 184 g/mol. The molecule has 0 aliphatic heterocycles. The van der Waals surface area contributed by atoms with Crippen LogP contribution in [-0.4, -0.2) is 9.97 Å². The Bertz CT molecular complexity index is 685. The number of aromatic nitrogens is 2. The van der Waals surface area contributed by atoms with Crippen LogP contribution in [0.3, 0.4) is 0 Å². The number of nitrogens with zero attached hydrogens (tertiary/aromatic N) is 2. The average Bonchev–Trinajstić information content (AvgIpc) is 2.25. The van der Waals surface area contributed by atoms with E-state index in [4.69, 9.17) is 0 Å². The van der Waals surface area contributed by atoms with Gasteiger partial charge in [0.2, 0.25) is 0 Å². The molecule has 2 nitrogen and oxygen atoms in total. The van der Waals surface area contributed by atoms with Crippen LogP contribution in [0.5, 0.6) is 0 Å². The Kier molecular flexibility index (Phi) is 1.54. The summed E-state index contributed by atoms with van der Waals surface area (Å²) < 4.78 is 0. The van der Waals surface area contributed by atoms with Gasteiger partial charge in [0.05, 0.1) is 10.9 Å². The van der Waals surface area contributed by atoms with Crippen molar-refractivity contribution < 1.29 is 0 Å². The molecule has 0 saturated heterocycles. The Balaban J connectivity index is 2.79. The van der Waals surface area contributed by atoms with Gasteiger partial charge in [0, 0.05) is 28.6 Å². The third-order valence-electron chi connectivity index (χ3n) is 2.80. The molecule has 15 heavy (non-hydrogen) atoms. The van der Waals surface area contributed by atoms with Crippen molar-refractivity contribution in [2.45, 2.75) is 6.92 Å². The fourth-order valence-corrected chi connectivity index (χ4v) is 2.07. The summed E-state index contributed by atoms with van der Waals surface area (Å²) >= 11 is 0. The van der Waals surface area contributed by atoms with Gasteiger partial charge in [0.15, 0.2) is 0 Å². The number of pyridine rings is 2. The molecule has 0 spiro atoms. The van der Waals surface area contributed by atoms with Gasteiger partial charge in [0.25, 0.3) is 0 Å². The van der Waals surface area contributed by atoms with Crippen molar-refractivity contribution in [1.29, 1.82) is 0 Å². The quantitative estimate of drug-likeness (QED) is 0.548. The predicted molar refractivity (Wildman–Crippen MR) is 62.5 cm³/mol. The molecule has 72 valence electrons. The summed E-state index contributed by atoms with van der Waals surface area (Å²) in [4.78, 5) is 8.67. The van der Waals surface area contributed by atoms with E-state index < -0.39 is 0 Å². The van der Waals surface area contributed by atoms with E-state index in [1.807, 2.05) is 24.5 Å². The third-order valence-corrected chi connectivity index (χ3v) is 2.80. The van der Waals surface area contributed by atoms with E-state index in [9.17, 15) is 0 Å². The van der Waals surface area contributed by atoms with Crippen LogP contribution < -0.4 is 5.35 Å².